The van der Waals surface area contributed by atoms with Gasteiger partial charge in [0.25, 0.3) is 0 Å². The highest BCUT2D eigenvalue weighted by Gasteiger charge is 2.22. The largest absolute Gasteiger partial charge is 0.313 e. The minimum absolute atomic E-state index is 0.0380. The molecule has 0 heterocycles. The molecule has 0 atom stereocenters. The van der Waals surface area contributed by atoms with Gasteiger partial charge in [0.2, 0.25) is 10.0 Å². The minimum Gasteiger partial charge on any atom is -0.313 e. The summed E-state index contributed by atoms with van der Waals surface area (Å²) >= 11 is 0. The summed E-state index contributed by atoms with van der Waals surface area (Å²) in [7, 11) is -3.45. The lowest BCUT2D eigenvalue weighted by molar-refractivity contribution is 0.350. The smallest absolute Gasteiger partial charge is 0.240 e. The second-order valence-electron chi connectivity index (χ2n) is 5.73. The van der Waals surface area contributed by atoms with Crippen molar-refractivity contribution in [1.82, 2.24) is 10.0 Å². The van der Waals surface area contributed by atoms with Gasteiger partial charge in [0.1, 0.15) is 0 Å². The van der Waals surface area contributed by atoms with Crippen LogP contribution in [0.4, 0.5) is 0 Å². The molecule has 0 aliphatic carbocycles. The quantitative estimate of drug-likeness (QED) is 0.775. The lowest BCUT2D eigenvalue weighted by atomic mass is 9.91. The Bertz CT molecular complexity index is 524. The normalized spacial score (nSPS) is 12.6. The second kappa shape index (κ2) is 7.20. The van der Waals surface area contributed by atoms with Crippen molar-refractivity contribution in [2.45, 2.75) is 45.6 Å². The third-order valence-corrected chi connectivity index (χ3v) is 5.03. The molecule has 0 radical (unpaired) electrons. The van der Waals surface area contributed by atoms with E-state index in [9.17, 15) is 8.42 Å². The molecule has 1 aromatic carbocycles. The molecule has 0 spiro atoms. The van der Waals surface area contributed by atoms with Gasteiger partial charge in [-0.3, -0.25) is 0 Å². The summed E-state index contributed by atoms with van der Waals surface area (Å²) in [6.45, 7) is 9.99. The molecule has 0 unspecified atom stereocenters. The lowest BCUT2D eigenvalue weighted by Gasteiger charge is -2.23. The number of sulfonamides is 1. The van der Waals surface area contributed by atoms with Gasteiger partial charge in [0.15, 0.2) is 0 Å². The molecule has 0 aromatic heterocycles. The molecule has 0 saturated carbocycles. The molecule has 114 valence electrons. The highest BCUT2D eigenvalue weighted by Crippen LogP contribution is 2.20. The number of rotatable bonds is 8. The first-order chi connectivity index (χ1) is 9.32. The Morgan fingerprint density at radius 3 is 2.40 bits per heavy atom. The predicted octanol–water partition coefficient (Wildman–Crippen LogP) is 2.51. The van der Waals surface area contributed by atoms with E-state index in [1.807, 2.05) is 19.1 Å². The zero-order valence-electron chi connectivity index (χ0n) is 12.9. The average Bonchev–Trinajstić information content (AvgIpc) is 2.43. The summed E-state index contributed by atoms with van der Waals surface area (Å²) in [5.74, 6) is 0. The first-order valence-electron chi connectivity index (χ1n) is 7.10. The lowest BCUT2D eigenvalue weighted by Crippen LogP contribution is -2.34. The van der Waals surface area contributed by atoms with Gasteiger partial charge in [-0.1, -0.05) is 45.9 Å². The summed E-state index contributed by atoms with van der Waals surface area (Å²) < 4.78 is 27.6. The van der Waals surface area contributed by atoms with Crippen LogP contribution in [0.5, 0.6) is 0 Å². The molecule has 2 N–H and O–H groups in total. The molecule has 5 heteroatoms. The van der Waals surface area contributed by atoms with Crippen LogP contribution in [0.3, 0.4) is 0 Å². The topological polar surface area (TPSA) is 58.2 Å². The standard InChI is InChI=1S/C15H26N2O2S/c1-5-15(3,4)12-17-20(18,19)14-10-8-7-9-13(14)11-16-6-2/h7-10,16-17H,5-6,11-12H2,1-4H3. The van der Waals surface area contributed by atoms with E-state index in [0.29, 0.717) is 18.0 Å². The summed E-state index contributed by atoms with van der Waals surface area (Å²) in [6, 6.07) is 7.13. The van der Waals surface area contributed by atoms with Gasteiger partial charge in [-0.2, -0.15) is 0 Å². The summed E-state index contributed by atoms with van der Waals surface area (Å²) in [6.07, 6.45) is 0.925. The van der Waals surface area contributed by atoms with Crippen LogP contribution in [0.1, 0.15) is 39.7 Å². The Kier molecular flexibility index (Phi) is 6.17. The first-order valence-corrected chi connectivity index (χ1v) is 8.59. The Labute approximate surface area is 123 Å². The van der Waals surface area contributed by atoms with Crippen molar-refractivity contribution in [3.05, 3.63) is 29.8 Å². The van der Waals surface area contributed by atoms with E-state index < -0.39 is 10.0 Å². The molecule has 0 saturated heterocycles. The van der Waals surface area contributed by atoms with E-state index >= 15 is 0 Å². The van der Waals surface area contributed by atoms with Crippen molar-refractivity contribution in [3.8, 4) is 0 Å². The highest BCUT2D eigenvalue weighted by molar-refractivity contribution is 7.89. The number of hydrogen-bond donors (Lipinski definition) is 2. The van der Waals surface area contributed by atoms with Gasteiger partial charge in [-0.05, 0) is 30.0 Å². The van der Waals surface area contributed by atoms with Crippen molar-refractivity contribution < 1.29 is 8.42 Å². The zero-order chi connectivity index (χ0) is 15.2. The third-order valence-electron chi connectivity index (χ3n) is 3.53. The van der Waals surface area contributed by atoms with Gasteiger partial charge < -0.3 is 5.32 Å². The van der Waals surface area contributed by atoms with E-state index in [2.05, 4.69) is 30.8 Å². The van der Waals surface area contributed by atoms with Crippen LogP contribution in [0.25, 0.3) is 0 Å². The molecular formula is C15H26N2O2S. The molecule has 1 rings (SSSR count). The molecule has 1 aromatic rings. The summed E-state index contributed by atoms with van der Waals surface area (Å²) in [4.78, 5) is 0.368. The van der Waals surface area contributed by atoms with E-state index in [1.54, 1.807) is 12.1 Å². The molecule has 20 heavy (non-hydrogen) atoms. The Balaban J connectivity index is 2.92. The number of benzene rings is 1. The number of nitrogens with one attached hydrogen (secondary N) is 2. The van der Waals surface area contributed by atoms with Gasteiger partial charge in [0.05, 0.1) is 4.90 Å². The zero-order valence-corrected chi connectivity index (χ0v) is 13.7. The SMILES string of the molecule is CCNCc1ccccc1S(=O)(=O)NCC(C)(C)CC. The number of hydrogen-bond acceptors (Lipinski definition) is 3. The van der Waals surface area contributed by atoms with Crippen molar-refractivity contribution in [2.24, 2.45) is 5.41 Å². The fourth-order valence-corrected chi connectivity index (χ4v) is 3.14. The van der Waals surface area contributed by atoms with Gasteiger partial charge >= 0.3 is 0 Å². The van der Waals surface area contributed by atoms with Gasteiger partial charge in [-0.25, -0.2) is 13.1 Å². The molecule has 0 bridgehead atoms. The summed E-state index contributed by atoms with van der Waals surface area (Å²) in [5.41, 5.74) is 0.764. The fraction of sp³-hybridized carbons (Fsp3) is 0.600. The van der Waals surface area contributed by atoms with Crippen LogP contribution >= 0.6 is 0 Å². The van der Waals surface area contributed by atoms with Crippen molar-refractivity contribution in [3.63, 3.8) is 0 Å². The van der Waals surface area contributed by atoms with Crippen LogP contribution in [0.2, 0.25) is 0 Å². The van der Waals surface area contributed by atoms with Gasteiger partial charge in [-0.15, -0.1) is 0 Å². The Morgan fingerprint density at radius 1 is 1.15 bits per heavy atom. The Morgan fingerprint density at radius 2 is 1.80 bits per heavy atom. The van der Waals surface area contributed by atoms with Crippen molar-refractivity contribution >= 4 is 10.0 Å². The third kappa shape index (κ3) is 4.89. The van der Waals surface area contributed by atoms with Crippen molar-refractivity contribution in [2.75, 3.05) is 13.1 Å². The van der Waals surface area contributed by atoms with E-state index in [-0.39, 0.29) is 5.41 Å². The van der Waals surface area contributed by atoms with Crippen LogP contribution in [-0.4, -0.2) is 21.5 Å². The van der Waals surface area contributed by atoms with Crippen LogP contribution in [0, 0.1) is 5.41 Å². The van der Waals surface area contributed by atoms with Crippen LogP contribution in [0.15, 0.2) is 29.2 Å². The van der Waals surface area contributed by atoms with Crippen LogP contribution in [-0.2, 0) is 16.6 Å². The maximum absolute atomic E-state index is 12.4. The van der Waals surface area contributed by atoms with Gasteiger partial charge in [0, 0.05) is 13.1 Å². The van der Waals surface area contributed by atoms with E-state index in [0.717, 1.165) is 18.5 Å². The summed E-state index contributed by atoms with van der Waals surface area (Å²) in [5, 5.41) is 3.17. The molecule has 0 aliphatic heterocycles. The monoisotopic (exact) mass is 298 g/mol. The minimum atomic E-state index is -3.45. The average molecular weight is 298 g/mol. The molecule has 0 amide bonds. The maximum Gasteiger partial charge on any atom is 0.240 e. The molecule has 0 aliphatic rings. The predicted molar refractivity (Wildman–Crippen MR) is 83.1 cm³/mol. The highest BCUT2D eigenvalue weighted by atomic mass is 32.2. The van der Waals surface area contributed by atoms with E-state index in [4.69, 9.17) is 0 Å². The van der Waals surface area contributed by atoms with Crippen molar-refractivity contribution in [1.29, 1.82) is 0 Å². The molecule has 4 nitrogen and oxygen atoms in total. The molecule has 0 fully saturated rings. The first kappa shape index (κ1) is 17.1. The maximum atomic E-state index is 12.4. The van der Waals surface area contributed by atoms with Crippen LogP contribution < -0.4 is 10.0 Å². The Hall–Kier alpha value is -0.910. The second-order valence-corrected chi connectivity index (χ2v) is 7.47. The van der Waals surface area contributed by atoms with E-state index in [1.165, 1.54) is 0 Å². The molecular weight excluding hydrogens is 272 g/mol. The fourth-order valence-electron chi connectivity index (χ4n) is 1.66.